The SMILES string of the molecule is CCOc1cc(C(=O)N(CCO)C(C)C)ccc1OC. The van der Waals surface area contributed by atoms with Crippen LogP contribution in [0.3, 0.4) is 0 Å². The van der Waals surface area contributed by atoms with Crippen molar-refractivity contribution in [1.82, 2.24) is 4.90 Å². The third kappa shape index (κ3) is 3.87. The minimum Gasteiger partial charge on any atom is -0.493 e. The zero-order valence-electron chi connectivity index (χ0n) is 12.5. The molecule has 0 heterocycles. The van der Waals surface area contributed by atoms with E-state index in [2.05, 4.69) is 0 Å². The summed E-state index contributed by atoms with van der Waals surface area (Å²) >= 11 is 0. The fourth-order valence-corrected chi connectivity index (χ4v) is 1.95. The van der Waals surface area contributed by atoms with Gasteiger partial charge in [-0.2, -0.15) is 0 Å². The van der Waals surface area contributed by atoms with Gasteiger partial charge in [-0.3, -0.25) is 4.79 Å². The number of rotatable bonds is 7. The molecule has 20 heavy (non-hydrogen) atoms. The van der Waals surface area contributed by atoms with E-state index in [1.807, 2.05) is 20.8 Å². The number of hydrogen-bond donors (Lipinski definition) is 1. The second kappa shape index (κ2) is 7.75. The van der Waals surface area contributed by atoms with Gasteiger partial charge in [-0.1, -0.05) is 0 Å². The Balaban J connectivity index is 3.05. The molecule has 0 spiro atoms. The summed E-state index contributed by atoms with van der Waals surface area (Å²) in [6, 6.07) is 5.12. The van der Waals surface area contributed by atoms with Crippen molar-refractivity contribution in [3.63, 3.8) is 0 Å². The number of ether oxygens (including phenoxy) is 2. The lowest BCUT2D eigenvalue weighted by Crippen LogP contribution is -2.39. The average Bonchev–Trinajstić information content (AvgIpc) is 2.44. The first kappa shape index (κ1) is 16.3. The standard InChI is InChI=1S/C15H23NO4/c1-5-20-14-10-12(6-7-13(14)19-4)15(18)16(8-9-17)11(2)3/h6-7,10-11,17H,5,8-9H2,1-4H3. The van der Waals surface area contributed by atoms with Gasteiger partial charge in [0.2, 0.25) is 0 Å². The van der Waals surface area contributed by atoms with Gasteiger partial charge in [0.25, 0.3) is 5.91 Å². The molecule has 1 aromatic carbocycles. The van der Waals surface area contributed by atoms with Crippen molar-refractivity contribution < 1.29 is 19.4 Å². The Hall–Kier alpha value is -1.75. The van der Waals surface area contributed by atoms with Gasteiger partial charge in [0.1, 0.15) is 0 Å². The molecule has 0 aliphatic carbocycles. The molecule has 0 unspecified atom stereocenters. The first-order chi connectivity index (χ1) is 9.54. The number of hydrogen-bond acceptors (Lipinski definition) is 4. The van der Waals surface area contributed by atoms with Crippen LogP contribution in [0, 0.1) is 0 Å². The van der Waals surface area contributed by atoms with Crippen LogP contribution in [0.25, 0.3) is 0 Å². The molecule has 5 heteroatoms. The third-order valence-electron chi connectivity index (χ3n) is 2.94. The van der Waals surface area contributed by atoms with Crippen LogP contribution >= 0.6 is 0 Å². The highest BCUT2D eigenvalue weighted by Crippen LogP contribution is 2.28. The van der Waals surface area contributed by atoms with Crippen LogP contribution in [0.1, 0.15) is 31.1 Å². The summed E-state index contributed by atoms with van der Waals surface area (Å²) in [7, 11) is 1.56. The smallest absolute Gasteiger partial charge is 0.254 e. The number of carbonyl (C=O) groups excluding carboxylic acids is 1. The van der Waals surface area contributed by atoms with Crippen LogP contribution in [-0.4, -0.2) is 48.8 Å². The Bertz CT molecular complexity index is 445. The predicted molar refractivity (Wildman–Crippen MR) is 77.4 cm³/mol. The number of aliphatic hydroxyl groups is 1. The summed E-state index contributed by atoms with van der Waals surface area (Å²) in [4.78, 5) is 14.1. The molecular formula is C15H23NO4. The van der Waals surface area contributed by atoms with E-state index in [1.54, 1.807) is 30.2 Å². The van der Waals surface area contributed by atoms with E-state index in [0.717, 1.165) is 0 Å². The van der Waals surface area contributed by atoms with Crippen LogP contribution in [0.2, 0.25) is 0 Å². The van der Waals surface area contributed by atoms with Crippen molar-refractivity contribution >= 4 is 5.91 Å². The highest BCUT2D eigenvalue weighted by atomic mass is 16.5. The topological polar surface area (TPSA) is 59.0 Å². The van der Waals surface area contributed by atoms with Gasteiger partial charge in [0.15, 0.2) is 11.5 Å². The summed E-state index contributed by atoms with van der Waals surface area (Å²) in [5, 5.41) is 9.06. The predicted octanol–water partition coefficient (Wildman–Crippen LogP) is 1.94. The lowest BCUT2D eigenvalue weighted by atomic mass is 10.1. The number of nitrogens with zero attached hydrogens (tertiary/aromatic N) is 1. The number of benzene rings is 1. The van der Waals surface area contributed by atoms with E-state index in [1.165, 1.54) is 0 Å². The summed E-state index contributed by atoms with van der Waals surface area (Å²) < 4.78 is 10.7. The number of methoxy groups -OCH3 is 1. The van der Waals surface area contributed by atoms with Crippen LogP contribution in [0.5, 0.6) is 11.5 Å². The second-order valence-electron chi connectivity index (χ2n) is 4.61. The van der Waals surface area contributed by atoms with Crippen molar-refractivity contribution in [2.75, 3.05) is 26.9 Å². The minimum atomic E-state index is -0.127. The van der Waals surface area contributed by atoms with Gasteiger partial charge in [-0.15, -0.1) is 0 Å². The molecule has 0 saturated heterocycles. The lowest BCUT2D eigenvalue weighted by Gasteiger charge is -2.26. The molecule has 0 radical (unpaired) electrons. The normalized spacial score (nSPS) is 10.5. The van der Waals surface area contributed by atoms with Gasteiger partial charge in [-0.25, -0.2) is 0 Å². The van der Waals surface area contributed by atoms with E-state index < -0.39 is 0 Å². The molecule has 0 aliphatic rings. The summed E-state index contributed by atoms with van der Waals surface area (Å²) in [5.74, 6) is 1.02. The molecule has 0 bridgehead atoms. The number of carbonyl (C=O) groups is 1. The number of amides is 1. The Morgan fingerprint density at radius 2 is 2.05 bits per heavy atom. The van der Waals surface area contributed by atoms with Crippen LogP contribution in [0.15, 0.2) is 18.2 Å². The molecule has 0 fully saturated rings. The van der Waals surface area contributed by atoms with Crippen molar-refractivity contribution in [3.8, 4) is 11.5 Å². The second-order valence-corrected chi connectivity index (χ2v) is 4.61. The van der Waals surface area contributed by atoms with Gasteiger partial charge in [0, 0.05) is 18.2 Å². The van der Waals surface area contributed by atoms with Crippen molar-refractivity contribution in [2.45, 2.75) is 26.8 Å². The summed E-state index contributed by atoms with van der Waals surface area (Å²) in [6.45, 7) is 6.46. The quantitative estimate of drug-likeness (QED) is 0.829. The van der Waals surface area contributed by atoms with Gasteiger partial charge < -0.3 is 19.5 Å². The van der Waals surface area contributed by atoms with E-state index in [-0.39, 0.29) is 18.6 Å². The molecule has 1 N–H and O–H groups in total. The van der Waals surface area contributed by atoms with Crippen molar-refractivity contribution in [1.29, 1.82) is 0 Å². The maximum atomic E-state index is 12.5. The van der Waals surface area contributed by atoms with Crippen LogP contribution in [-0.2, 0) is 0 Å². The van der Waals surface area contributed by atoms with Crippen LogP contribution in [0.4, 0.5) is 0 Å². The molecule has 0 aromatic heterocycles. The van der Waals surface area contributed by atoms with Crippen LogP contribution < -0.4 is 9.47 Å². The Kier molecular flexibility index (Phi) is 6.31. The first-order valence-corrected chi connectivity index (χ1v) is 6.77. The lowest BCUT2D eigenvalue weighted by molar-refractivity contribution is 0.0665. The van der Waals surface area contributed by atoms with E-state index in [4.69, 9.17) is 14.6 Å². The molecule has 1 rings (SSSR count). The fourth-order valence-electron chi connectivity index (χ4n) is 1.95. The van der Waals surface area contributed by atoms with Gasteiger partial charge >= 0.3 is 0 Å². The Morgan fingerprint density at radius 1 is 1.35 bits per heavy atom. The van der Waals surface area contributed by atoms with E-state index >= 15 is 0 Å². The van der Waals surface area contributed by atoms with Crippen molar-refractivity contribution in [2.24, 2.45) is 0 Å². The molecule has 1 amide bonds. The Morgan fingerprint density at radius 3 is 2.55 bits per heavy atom. The Labute approximate surface area is 120 Å². The molecule has 0 aliphatic heterocycles. The molecule has 1 aromatic rings. The highest BCUT2D eigenvalue weighted by molar-refractivity contribution is 5.95. The molecule has 112 valence electrons. The zero-order valence-corrected chi connectivity index (χ0v) is 12.5. The number of aliphatic hydroxyl groups excluding tert-OH is 1. The summed E-state index contributed by atoms with van der Waals surface area (Å²) in [5.41, 5.74) is 0.524. The molecule has 0 atom stereocenters. The zero-order chi connectivity index (χ0) is 15.1. The van der Waals surface area contributed by atoms with Gasteiger partial charge in [0.05, 0.1) is 20.3 Å². The molecule has 5 nitrogen and oxygen atoms in total. The van der Waals surface area contributed by atoms with Crippen molar-refractivity contribution in [3.05, 3.63) is 23.8 Å². The molecular weight excluding hydrogens is 258 g/mol. The first-order valence-electron chi connectivity index (χ1n) is 6.77. The maximum Gasteiger partial charge on any atom is 0.254 e. The van der Waals surface area contributed by atoms with E-state index in [9.17, 15) is 4.79 Å². The summed E-state index contributed by atoms with van der Waals surface area (Å²) in [6.07, 6.45) is 0. The van der Waals surface area contributed by atoms with Gasteiger partial charge in [-0.05, 0) is 39.0 Å². The monoisotopic (exact) mass is 281 g/mol. The third-order valence-corrected chi connectivity index (χ3v) is 2.94. The minimum absolute atomic E-state index is 0.0206. The maximum absolute atomic E-state index is 12.5. The largest absolute Gasteiger partial charge is 0.493 e. The average molecular weight is 281 g/mol. The molecule has 0 saturated carbocycles. The highest BCUT2D eigenvalue weighted by Gasteiger charge is 2.19. The fraction of sp³-hybridized carbons (Fsp3) is 0.533. The van der Waals surface area contributed by atoms with E-state index in [0.29, 0.717) is 30.2 Å².